The second-order valence-corrected chi connectivity index (χ2v) is 9.54. The van der Waals surface area contributed by atoms with E-state index >= 15 is 0 Å². The Morgan fingerprint density at radius 3 is 2.18 bits per heavy atom. The van der Waals surface area contributed by atoms with Crippen LogP contribution in [0.1, 0.15) is 0 Å². The zero-order chi connectivity index (χ0) is 19.3. The summed E-state index contributed by atoms with van der Waals surface area (Å²) in [5, 5.41) is 2.53. The molecule has 1 nitrogen and oxygen atoms in total. The van der Waals surface area contributed by atoms with E-state index in [0.29, 0.717) is 0 Å². The third-order valence-electron chi connectivity index (χ3n) is 5.01. The first-order valence-electron chi connectivity index (χ1n) is 8.87. The Hall–Kier alpha value is -1.63. The van der Waals surface area contributed by atoms with E-state index in [4.69, 9.17) is 0 Å². The average Bonchev–Trinajstić information content (AvgIpc) is 3.05. The zero-order valence-corrected chi connectivity index (χ0v) is 20.0. The highest BCUT2D eigenvalue weighted by Gasteiger charge is 2.14. The molecule has 0 N–H and O–H groups in total. The lowest BCUT2D eigenvalue weighted by molar-refractivity contribution is 1.18. The van der Waals surface area contributed by atoms with Crippen molar-refractivity contribution in [2.24, 2.45) is 0 Å². The lowest BCUT2D eigenvalue weighted by Crippen LogP contribution is -1.92. The predicted octanol–water partition coefficient (Wildman–Crippen LogP) is 8.58. The Labute approximate surface area is 193 Å². The maximum atomic E-state index is 3.74. The molecule has 0 aliphatic carbocycles. The van der Waals surface area contributed by atoms with Crippen molar-refractivity contribution in [3.05, 3.63) is 97.4 Å². The highest BCUT2D eigenvalue weighted by atomic mass is 127. The summed E-state index contributed by atoms with van der Waals surface area (Å²) >= 11 is 9.75. The Bertz CT molecular complexity index is 1340. The van der Waals surface area contributed by atoms with Crippen molar-refractivity contribution in [3.8, 4) is 16.8 Å². The molecule has 5 rings (SSSR count). The molecule has 0 unspecified atom stereocenters. The van der Waals surface area contributed by atoms with Crippen LogP contribution < -0.4 is 0 Å². The number of rotatable bonds is 2. The minimum absolute atomic E-state index is 1.10. The smallest absolute Gasteiger partial charge is 0.0541 e. The van der Waals surface area contributed by atoms with Gasteiger partial charge in [-0.3, -0.25) is 0 Å². The fourth-order valence-corrected chi connectivity index (χ4v) is 5.55. The molecule has 0 aliphatic rings. The van der Waals surface area contributed by atoms with E-state index < -0.39 is 0 Å². The molecule has 136 valence electrons. The number of hydrogen-bond acceptors (Lipinski definition) is 0. The topological polar surface area (TPSA) is 4.93 Å². The fourth-order valence-electron chi connectivity index (χ4n) is 3.74. The van der Waals surface area contributed by atoms with Gasteiger partial charge in [-0.15, -0.1) is 0 Å². The quantitative estimate of drug-likeness (QED) is 0.141. The van der Waals surface area contributed by atoms with Crippen LogP contribution in [0.15, 0.2) is 93.9 Å². The van der Waals surface area contributed by atoms with E-state index in [9.17, 15) is 0 Å². The first-order chi connectivity index (χ1) is 13.6. The van der Waals surface area contributed by atoms with Crippen LogP contribution in [0.25, 0.3) is 38.6 Å². The molecule has 1 heterocycles. The maximum absolute atomic E-state index is 3.74. The molecule has 0 aliphatic heterocycles. The normalized spacial score (nSPS) is 11.4. The van der Waals surface area contributed by atoms with Gasteiger partial charge in [-0.05, 0) is 92.1 Å². The van der Waals surface area contributed by atoms with Crippen molar-refractivity contribution in [1.82, 2.24) is 4.57 Å². The van der Waals surface area contributed by atoms with Gasteiger partial charge in [-0.2, -0.15) is 0 Å². The lowest BCUT2D eigenvalue weighted by atomic mass is 10.0. The summed E-state index contributed by atoms with van der Waals surface area (Å²) in [6.45, 7) is 0. The highest BCUT2D eigenvalue weighted by molar-refractivity contribution is 14.1. The third kappa shape index (κ3) is 3.02. The molecule has 5 aromatic rings. The molecule has 4 aromatic carbocycles. The molecule has 28 heavy (non-hydrogen) atoms. The molecule has 1 aromatic heterocycles. The second kappa shape index (κ2) is 7.32. The highest BCUT2D eigenvalue weighted by Crippen LogP contribution is 2.38. The van der Waals surface area contributed by atoms with Crippen LogP contribution in [0.5, 0.6) is 0 Å². The molecular formula is C24H14Br2IN. The van der Waals surface area contributed by atoms with Gasteiger partial charge in [0.1, 0.15) is 0 Å². The molecule has 0 saturated heterocycles. The Morgan fingerprint density at radius 2 is 1.36 bits per heavy atom. The van der Waals surface area contributed by atoms with E-state index in [1.165, 1.54) is 42.2 Å². The summed E-state index contributed by atoms with van der Waals surface area (Å²) in [5.74, 6) is 0. The van der Waals surface area contributed by atoms with E-state index in [1.807, 2.05) is 0 Å². The van der Waals surface area contributed by atoms with Crippen molar-refractivity contribution < 1.29 is 0 Å². The van der Waals surface area contributed by atoms with Crippen LogP contribution in [0, 0.1) is 3.57 Å². The lowest BCUT2D eigenvalue weighted by Gasteiger charge is -2.10. The SMILES string of the molecule is Brc1cc(-c2ccc3c(c2)c2ccccc2n3-c2ccccc2)c(Br)cc1I. The minimum Gasteiger partial charge on any atom is -0.309 e. The monoisotopic (exact) mass is 601 g/mol. The molecule has 0 spiro atoms. The summed E-state index contributed by atoms with van der Waals surface area (Å²) in [6, 6.07) is 30.2. The summed E-state index contributed by atoms with van der Waals surface area (Å²) in [5.41, 5.74) is 6.01. The average molecular weight is 603 g/mol. The van der Waals surface area contributed by atoms with Crippen LogP contribution in [0.3, 0.4) is 0 Å². The number of aromatic nitrogens is 1. The number of hydrogen-bond donors (Lipinski definition) is 0. The van der Waals surface area contributed by atoms with Crippen LogP contribution >= 0.6 is 54.5 Å². The van der Waals surface area contributed by atoms with Gasteiger partial charge >= 0.3 is 0 Å². The predicted molar refractivity (Wildman–Crippen MR) is 134 cm³/mol. The standard InChI is InChI=1S/C24H14Br2IN/c25-20-14-22(27)21(26)13-18(20)15-10-11-24-19(12-15)17-8-4-5-9-23(17)28(24)16-6-2-1-3-7-16/h1-14H. The second-order valence-electron chi connectivity index (χ2n) is 6.67. The van der Waals surface area contributed by atoms with Crippen LogP contribution in [-0.2, 0) is 0 Å². The van der Waals surface area contributed by atoms with E-state index in [2.05, 4.69) is 144 Å². The van der Waals surface area contributed by atoms with Crippen LogP contribution in [-0.4, -0.2) is 4.57 Å². The van der Waals surface area contributed by atoms with Crippen molar-refractivity contribution in [1.29, 1.82) is 0 Å². The van der Waals surface area contributed by atoms with Crippen LogP contribution in [0.2, 0.25) is 0 Å². The van der Waals surface area contributed by atoms with E-state index in [-0.39, 0.29) is 0 Å². The van der Waals surface area contributed by atoms with Crippen molar-refractivity contribution in [2.45, 2.75) is 0 Å². The number of benzene rings is 4. The Balaban J connectivity index is 1.83. The molecule has 4 heteroatoms. The third-order valence-corrected chi connectivity index (χ3v) is 7.95. The molecular weight excluding hydrogens is 589 g/mol. The van der Waals surface area contributed by atoms with Gasteiger partial charge in [0.15, 0.2) is 0 Å². The minimum atomic E-state index is 1.10. The number of fused-ring (bicyclic) bond motifs is 3. The summed E-state index contributed by atoms with van der Waals surface area (Å²) < 4.78 is 5.74. The van der Waals surface area contributed by atoms with Crippen molar-refractivity contribution in [2.75, 3.05) is 0 Å². The van der Waals surface area contributed by atoms with Gasteiger partial charge in [0.2, 0.25) is 0 Å². The van der Waals surface area contributed by atoms with Crippen LogP contribution in [0.4, 0.5) is 0 Å². The zero-order valence-electron chi connectivity index (χ0n) is 14.7. The molecule has 0 radical (unpaired) electrons. The Morgan fingerprint density at radius 1 is 0.643 bits per heavy atom. The molecule has 0 fully saturated rings. The maximum Gasteiger partial charge on any atom is 0.0541 e. The molecule has 0 bridgehead atoms. The largest absolute Gasteiger partial charge is 0.309 e. The first-order valence-corrected chi connectivity index (χ1v) is 11.5. The van der Waals surface area contributed by atoms with Gasteiger partial charge in [0.05, 0.1) is 11.0 Å². The van der Waals surface area contributed by atoms with Gasteiger partial charge in [-0.1, -0.05) is 58.4 Å². The number of para-hydroxylation sites is 2. The number of nitrogens with zero attached hydrogens (tertiary/aromatic N) is 1. The Kier molecular flexibility index (Phi) is 4.81. The first kappa shape index (κ1) is 18.4. The van der Waals surface area contributed by atoms with Crippen molar-refractivity contribution >= 4 is 76.3 Å². The summed E-state index contributed by atoms with van der Waals surface area (Å²) in [6.07, 6.45) is 0. The molecule has 0 saturated carbocycles. The molecule has 0 amide bonds. The van der Waals surface area contributed by atoms with Gasteiger partial charge in [0, 0.05) is 29.0 Å². The summed E-state index contributed by atoms with van der Waals surface area (Å²) in [4.78, 5) is 0. The van der Waals surface area contributed by atoms with Gasteiger partial charge < -0.3 is 4.57 Å². The fraction of sp³-hybridized carbons (Fsp3) is 0. The van der Waals surface area contributed by atoms with Crippen molar-refractivity contribution in [3.63, 3.8) is 0 Å². The number of halogens is 3. The van der Waals surface area contributed by atoms with E-state index in [0.717, 1.165) is 8.95 Å². The molecule has 0 atom stereocenters. The van der Waals surface area contributed by atoms with Gasteiger partial charge in [0.25, 0.3) is 0 Å². The van der Waals surface area contributed by atoms with E-state index in [1.54, 1.807) is 0 Å². The van der Waals surface area contributed by atoms with Gasteiger partial charge in [-0.25, -0.2) is 0 Å². The summed E-state index contributed by atoms with van der Waals surface area (Å²) in [7, 11) is 0.